The van der Waals surface area contributed by atoms with E-state index in [2.05, 4.69) is 35.1 Å². The summed E-state index contributed by atoms with van der Waals surface area (Å²) >= 11 is 0. The Labute approximate surface area is 192 Å². The topological polar surface area (TPSA) is 88.0 Å². The van der Waals surface area contributed by atoms with Crippen LogP contribution in [0.2, 0.25) is 0 Å². The lowest BCUT2D eigenvalue weighted by molar-refractivity contribution is 0.0528. The van der Waals surface area contributed by atoms with Crippen LogP contribution >= 0.6 is 0 Å². The number of aromatic nitrogens is 2. The van der Waals surface area contributed by atoms with E-state index in [1.165, 1.54) is 0 Å². The van der Waals surface area contributed by atoms with Gasteiger partial charge in [0.1, 0.15) is 11.6 Å². The quantitative estimate of drug-likeness (QED) is 0.357. The van der Waals surface area contributed by atoms with Crippen LogP contribution in [0.1, 0.15) is 41.8 Å². The summed E-state index contributed by atoms with van der Waals surface area (Å²) < 4.78 is 11.3. The summed E-state index contributed by atoms with van der Waals surface area (Å²) in [6.45, 7) is 4.15. The zero-order chi connectivity index (χ0) is 23.2. The third kappa shape index (κ3) is 4.88. The van der Waals surface area contributed by atoms with E-state index in [9.17, 15) is 10.1 Å². The Morgan fingerprint density at radius 3 is 2.58 bits per heavy atom. The molecule has 1 aromatic heterocycles. The Hall–Kier alpha value is -4.11. The lowest BCUT2D eigenvalue weighted by Gasteiger charge is -2.16. The number of benzene rings is 3. The van der Waals surface area contributed by atoms with Gasteiger partial charge in [-0.15, -0.1) is 0 Å². The molecule has 0 amide bonds. The number of nitriles is 1. The fourth-order valence-electron chi connectivity index (χ4n) is 3.78. The molecule has 3 aromatic carbocycles. The van der Waals surface area contributed by atoms with Crippen molar-refractivity contribution in [2.45, 2.75) is 32.8 Å². The predicted molar refractivity (Wildman–Crippen MR) is 127 cm³/mol. The number of nitrogens with zero attached hydrogens (tertiary/aromatic N) is 2. The van der Waals surface area contributed by atoms with E-state index in [1.54, 1.807) is 19.1 Å². The maximum Gasteiger partial charge on any atom is 0.340 e. The van der Waals surface area contributed by atoms with Crippen molar-refractivity contribution in [3.8, 4) is 23.2 Å². The fraction of sp³-hybridized carbons (Fsp3) is 0.222. The Bertz CT molecular complexity index is 1300. The number of hydrogen-bond donors (Lipinski definition) is 1. The highest BCUT2D eigenvalue weighted by Crippen LogP contribution is 2.25. The molecule has 6 heteroatoms. The molecule has 4 aromatic rings. The molecule has 0 saturated heterocycles. The van der Waals surface area contributed by atoms with Gasteiger partial charge in [-0.05, 0) is 48.2 Å². The van der Waals surface area contributed by atoms with Gasteiger partial charge in [0.2, 0.25) is 0 Å². The first-order valence-electron chi connectivity index (χ1n) is 11.0. The molecule has 0 aliphatic rings. The van der Waals surface area contributed by atoms with Crippen LogP contribution < -0.4 is 4.74 Å². The van der Waals surface area contributed by atoms with Crippen molar-refractivity contribution < 1.29 is 14.3 Å². The van der Waals surface area contributed by atoms with Crippen molar-refractivity contribution in [2.75, 3.05) is 6.61 Å². The van der Waals surface area contributed by atoms with Gasteiger partial charge in [-0.1, -0.05) is 55.5 Å². The molecule has 0 aliphatic carbocycles. The van der Waals surface area contributed by atoms with E-state index in [0.717, 1.165) is 28.6 Å². The average molecular weight is 440 g/mol. The Kier molecular flexibility index (Phi) is 6.70. The molecule has 6 nitrogen and oxygen atoms in total. The molecule has 0 fully saturated rings. The maximum absolute atomic E-state index is 12.2. The molecule has 1 unspecified atom stereocenters. The van der Waals surface area contributed by atoms with Crippen LogP contribution in [0.4, 0.5) is 0 Å². The maximum atomic E-state index is 12.2. The molecule has 1 atom stereocenters. The van der Waals surface area contributed by atoms with Gasteiger partial charge in [0.05, 0.1) is 29.3 Å². The number of esters is 1. The lowest BCUT2D eigenvalue weighted by atomic mass is 9.98. The number of carbonyl (C=O) groups is 1. The van der Waals surface area contributed by atoms with Gasteiger partial charge in [0.25, 0.3) is 6.01 Å². The molecule has 0 saturated carbocycles. The summed E-state index contributed by atoms with van der Waals surface area (Å²) in [4.78, 5) is 19.9. The standard InChI is InChI=1S/C27H25N3O3/c1-3-21(16-18-12-14-19(15-13-18)22-9-6-5-8-20(22)17-28)33-27-29-24-11-7-10-23(25(24)30-27)26(31)32-4-2/h5-15,21H,3-4,16H2,1-2H3,(H,29,30). The summed E-state index contributed by atoms with van der Waals surface area (Å²) in [5, 5.41) is 9.35. The lowest BCUT2D eigenvalue weighted by Crippen LogP contribution is -2.19. The minimum absolute atomic E-state index is 0.0890. The molecule has 4 rings (SSSR count). The van der Waals surface area contributed by atoms with E-state index in [1.807, 2.05) is 42.5 Å². The monoisotopic (exact) mass is 439 g/mol. The number of rotatable bonds is 8. The van der Waals surface area contributed by atoms with Crippen LogP contribution in [-0.4, -0.2) is 28.6 Å². The Morgan fingerprint density at radius 1 is 1.06 bits per heavy atom. The van der Waals surface area contributed by atoms with E-state index in [0.29, 0.717) is 35.7 Å². The second-order valence-electron chi connectivity index (χ2n) is 7.67. The number of nitrogens with one attached hydrogen (secondary N) is 1. The smallest absolute Gasteiger partial charge is 0.340 e. The predicted octanol–water partition coefficient (Wildman–Crippen LogP) is 5.68. The van der Waals surface area contributed by atoms with Crippen LogP contribution in [0.25, 0.3) is 22.2 Å². The number of aromatic amines is 1. The first-order chi connectivity index (χ1) is 16.1. The van der Waals surface area contributed by atoms with E-state index in [-0.39, 0.29) is 6.10 Å². The Morgan fingerprint density at radius 2 is 1.85 bits per heavy atom. The third-order valence-electron chi connectivity index (χ3n) is 5.50. The van der Waals surface area contributed by atoms with Crippen molar-refractivity contribution in [3.05, 3.63) is 83.4 Å². The largest absolute Gasteiger partial charge is 0.462 e. The average Bonchev–Trinajstić information content (AvgIpc) is 3.26. The van der Waals surface area contributed by atoms with Crippen LogP contribution in [0.15, 0.2) is 66.7 Å². The molecular weight excluding hydrogens is 414 g/mol. The number of fused-ring (bicyclic) bond motifs is 1. The highest BCUT2D eigenvalue weighted by Gasteiger charge is 2.17. The highest BCUT2D eigenvalue weighted by atomic mass is 16.5. The number of ether oxygens (including phenoxy) is 2. The summed E-state index contributed by atoms with van der Waals surface area (Å²) in [6, 6.07) is 23.8. The van der Waals surface area contributed by atoms with Gasteiger partial charge in [0, 0.05) is 6.42 Å². The van der Waals surface area contributed by atoms with Crippen molar-refractivity contribution in [1.29, 1.82) is 5.26 Å². The third-order valence-corrected chi connectivity index (χ3v) is 5.50. The normalized spacial score (nSPS) is 11.7. The summed E-state index contributed by atoms with van der Waals surface area (Å²) in [7, 11) is 0. The fourth-order valence-corrected chi connectivity index (χ4v) is 3.78. The molecule has 0 aliphatic heterocycles. The highest BCUT2D eigenvalue weighted by molar-refractivity contribution is 6.02. The summed E-state index contributed by atoms with van der Waals surface area (Å²) in [5.41, 5.74) is 5.41. The SMILES string of the molecule is CCOC(=O)c1cccc2[nH]c(OC(CC)Cc3ccc(-c4ccccc4C#N)cc3)nc12. The van der Waals surface area contributed by atoms with Crippen LogP contribution in [0.3, 0.4) is 0 Å². The zero-order valence-electron chi connectivity index (χ0n) is 18.7. The molecule has 1 N–H and O–H groups in total. The summed E-state index contributed by atoms with van der Waals surface area (Å²) in [5.74, 6) is -0.397. The van der Waals surface area contributed by atoms with Crippen LogP contribution in [-0.2, 0) is 11.2 Å². The van der Waals surface area contributed by atoms with Gasteiger partial charge in [-0.3, -0.25) is 0 Å². The summed E-state index contributed by atoms with van der Waals surface area (Å²) in [6.07, 6.45) is 1.41. The van der Waals surface area contributed by atoms with Crippen molar-refractivity contribution in [3.63, 3.8) is 0 Å². The second-order valence-corrected chi connectivity index (χ2v) is 7.67. The van der Waals surface area contributed by atoms with Gasteiger partial charge >= 0.3 is 5.97 Å². The van der Waals surface area contributed by atoms with Gasteiger partial charge in [0.15, 0.2) is 0 Å². The first-order valence-corrected chi connectivity index (χ1v) is 11.0. The van der Waals surface area contributed by atoms with E-state index in [4.69, 9.17) is 9.47 Å². The Balaban J connectivity index is 1.50. The number of hydrogen-bond acceptors (Lipinski definition) is 5. The minimum Gasteiger partial charge on any atom is -0.462 e. The number of imidazole rings is 1. The van der Waals surface area contributed by atoms with Crippen LogP contribution in [0.5, 0.6) is 6.01 Å². The first kappa shape index (κ1) is 22.1. The number of carbonyl (C=O) groups excluding carboxylic acids is 1. The second kappa shape index (κ2) is 10.0. The zero-order valence-corrected chi connectivity index (χ0v) is 18.7. The molecule has 1 heterocycles. The van der Waals surface area contributed by atoms with Gasteiger partial charge < -0.3 is 14.5 Å². The molecule has 0 spiro atoms. The van der Waals surface area contributed by atoms with Crippen molar-refractivity contribution >= 4 is 17.0 Å². The van der Waals surface area contributed by atoms with Gasteiger partial charge in [-0.2, -0.15) is 10.2 Å². The molecule has 0 radical (unpaired) electrons. The molecule has 33 heavy (non-hydrogen) atoms. The van der Waals surface area contributed by atoms with E-state index < -0.39 is 5.97 Å². The van der Waals surface area contributed by atoms with Crippen molar-refractivity contribution in [1.82, 2.24) is 9.97 Å². The minimum atomic E-state index is -0.397. The molecule has 0 bridgehead atoms. The molecular formula is C27H25N3O3. The van der Waals surface area contributed by atoms with Crippen molar-refractivity contribution in [2.24, 2.45) is 0 Å². The number of H-pyrrole nitrogens is 1. The number of para-hydroxylation sites is 1. The molecule has 166 valence electrons. The van der Waals surface area contributed by atoms with Gasteiger partial charge in [-0.25, -0.2) is 4.79 Å². The van der Waals surface area contributed by atoms with E-state index >= 15 is 0 Å². The van der Waals surface area contributed by atoms with Crippen LogP contribution in [0, 0.1) is 11.3 Å².